The second kappa shape index (κ2) is 6.26. The summed E-state index contributed by atoms with van der Waals surface area (Å²) >= 11 is 0. The molecule has 98 valence electrons. The normalized spacial score (nSPS) is 18.4. The molecule has 1 aromatic carbocycles. The molecule has 0 aromatic heterocycles. The van der Waals surface area contributed by atoms with Crippen LogP contribution in [0.3, 0.4) is 0 Å². The standard InChI is InChI=1S/C13H18N2O3/c1-17-12-4-2-11(3-5-12)15-13(16)18-9-10-6-7-14-8-10/h2-5,10,14H,6-9H2,1H3,(H,15,16). The van der Waals surface area contributed by atoms with Crippen LogP contribution in [0.4, 0.5) is 10.5 Å². The molecule has 0 bridgehead atoms. The van der Waals surface area contributed by atoms with Gasteiger partial charge in [-0.2, -0.15) is 0 Å². The summed E-state index contributed by atoms with van der Waals surface area (Å²) in [7, 11) is 1.60. The van der Waals surface area contributed by atoms with Gasteiger partial charge in [-0.25, -0.2) is 4.79 Å². The van der Waals surface area contributed by atoms with Gasteiger partial charge < -0.3 is 14.8 Å². The Kier molecular flexibility index (Phi) is 4.41. The quantitative estimate of drug-likeness (QED) is 0.856. The van der Waals surface area contributed by atoms with E-state index < -0.39 is 6.09 Å². The Hall–Kier alpha value is -1.75. The van der Waals surface area contributed by atoms with Gasteiger partial charge in [-0.15, -0.1) is 0 Å². The smallest absolute Gasteiger partial charge is 0.411 e. The van der Waals surface area contributed by atoms with Crippen molar-refractivity contribution < 1.29 is 14.3 Å². The van der Waals surface area contributed by atoms with E-state index in [4.69, 9.17) is 9.47 Å². The van der Waals surface area contributed by atoms with Crippen LogP contribution in [0.15, 0.2) is 24.3 Å². The molecule has 1 heterocycles. The van der Waals surface area contributed by atoms with E-state index in [0.717, 1.165) is 25.3 Å². The lowest BCUT2D eigenvalue weighted by atomic mass is 10.1. The number of ether oxygens (including phenoxy) is 2. The minimum Gasteiger partial charge on any atom is -0.497 e. The predicted octanol–water partition coefficient (Wildman–Crippen LogP) is 1.85. The highest BCUT2D eigenvalue weighted by Crippen LogP contribution is 2.15. The van der Waals surface area contributed by atoms with Crippen LogP contribution in [0, 0.1) is 5.92 Å². The Balaban J connectivity index is 1.75. The summed E-state index contributed by atoms with van der Waals surface area (Å²) in [6, 6.07) is 7.13. The molecule has 1 unspecified atom stereocenters. The zero-order chi connectivity index (χ0) is 12.8. The number of carbonyl (C=O) groups is 1. The van der Waals surface area contributed by atoms with Gasteiger partial charge in [0.05, 0.1) is 13.7 Å². The van der Waals surface area contributed by atoms with Crippen molar-refractivity contribution in [1.29, 1.82) is 0 Å². The number of benzene rings is 1. The molecule has 0 saturated carbocycles. The van der Waals surface area contributed by atoms with Gasteiger partial charge in [-0.3, -0.25) is 5.32 Å². The average Bonchev–Trinajstić information content (AvgIpc) is 2.90. The number of rotatable bonds is 4. The van der Waals surface area contributed by atoms with Crippen molar-refractivity contribution in [3.8, 4) is 5.75 Å². The molecular formula is C13H18N2O3. The van der Waals surface area contributed by atoms with Crippen LogP contribution >= 0.6 is 0 Å². The molecule has 0 aliphatic carbocycles. The van der Waals surface area contributed by atoms with Crippen LogP contribution in [0.25, 0.3) is 0 Å². The fourth-order valence-corrected chi connectivity index (χ4v) is 1.88. The first kappa shape index (κ1) is 12.7. The Morgan fingerprint density at radius 3 is 2.83 bits per heavy atom. The highest BCUT2D eigenvalue weighted by Gasteiger charge is 2.16. The van der Waals surface area contributed by atoms with E-state index in [1.165, 1.54) is 0 Å². The summed E-state index contributed by atoms with van der Waals surface area (Å²) in [5.74, 6) is 1.19. The molecule has 0 radical (unpaired) electrons. The number of carbonyl (C=O) groups excluding carboxylic acids is 1. The lowest BCUT2D eigenvalue weighted by molar-refractivity contribution is 0.144. The third-order valence-corrected chi connectivity index (χ3v) is 2.95. The Morgan fingerprint density at radius 2 is 2.22 bits per heavy atom. The van der Waals surface area contributed by atoms with Crippen molar-refractivity contribution >= 4 is 11.8 Å². The third kappa shape index (κ3) is 3.63. The van der Waals surface area contributed by atoms with Crippen LogP contribution in [0.2, 0.25) is 0 Å². The maximum absolute atomic E-state index is 11.5. The molecule has 5 nitrogen and oxygen atoms in total. The van der Waals surface area contributed by atoms with E-state index >= 15 is 0 Å². The van der Waals surface area contributed by atoms with Gasteiger partial charge >= 0.3 is 6.09 Å². The van der Waals surface area contributed by atoms with Crippen molar-refractivity contribution in [2.75, 3.05) is 32.1 Å². The minimum absolute atomic E-state index is 0.410. The summed E-state index contributed by atoms with van der Waals surface area (Å²) in [6.07, 6.45) is 0.655. The summed E-state index contributed by atoms with van der Waals surface area (Å²) in [4.78, 5) is 11.5. The maximum Gasteiger partial charge on any atom is 0.411 e. The van der Waals surface area contributed by atoms with Crippen LogP contribution in [0.1, 0.15) is 6.42 Å². The third-order valence-electron chi connectivity index (χ3n) is 2.95. The summed E-state index contributed by atoms with van der Waals surface area (Å²) in [6.45, 7) is 2.40. The van der Waals surface area contributed by atoms with Gasteiger partial charge in [0, 0.05) is 18.2 Å². The molecule has 2 N–H and O–H groups in total. The molecule has 1 saturated heterocycles. The molecule has 1 aliphatic heterocycles. The van der Waals surface area contributed by atoms with Crippen LogP contribution < -0.4 is 15.4 Å². The number of hydrogen-bond donors (Lipinski definition) is 2. The second-order valence-electron chi connectivity index (χ2n) is 4.31. The average molecular weight is 250 g/mol. The molecule has 0 spiro atoms. The number of hydrogen-bond acceptors (Lipinski definition) is 4. The Bertz CT molecular complexity index is 386. The van der Waals surface area contributed by atoms with Gasteiger partial charge in [0.2, 0.25) is 0 Å². The summed E-state index contributed by atoms with van der Waals surface area (Å²) in [5.41, 5.74) is 0.699. The first-order chi connectivity index (χ1) is 8.78. The van der Waals surface area contributed by atoms with E-state index in [1.807, 2.05) is 0 Å². The lowest BCUT2D eigenvalue weighted by Crippen LogP contribution is -2.20. The van der Waals surface area contributed by atoms with E-state index in [1.54, 1.807) is 31.4 Å². The number of anilines is 1. The largest absolute Gasteiger partial charge is 0.497 e. The van der Waals surface area contributed by atoms with E-state index in [-0.39, 0.29) is 0 Å². The van der Waals surface area contributed by atoms with Gasteiger partial charge in [0.25, 0.3) is 0 Å². The molecule has 2 rings (SSSR count). The van der Waals surface area contributed by atoms with Gasteiger partial charge in [0.15, 0.2) is 0 Å². The Morgan fingerprint density at radius 1 is 1.44 bits per heavy atom. The van der Waals surface area contributed by atoms with Crippen LogP contribution in [0.5, 0.6) is 5.75 Å². The predicted molar refractivity (Wildman–Crippen MR) is 68.9 cm³/mol. The van der Waals surface area contributed by atoms with Crippen molar-refractivity contribution in [3.63, 3.8) is 0 Å². The topological polar surface area (TPSA) is 59.6 Å². The zero-order valence-electron chi connectivity index (χ0n) is 10.4. The van der Waals surface area contributed by atoms with Crippen molar-refractivity contribution in [3.05, 3.63) is 24.3 Å². The van der Waals surface area contributed by atoms with E-state index in [2.05, 4.69) is 10.6 Å². The van der Waals surface area contributed by atoms with Gasteiger partial charge in [-0.05, 0) is 37.2 Å². The highest BCUT2D eigenvalue weighted by atomic mass is 16.5. The van der Waals surface area contributed by atoms with Crippen molar-refractivity contribution in [1.82, 2.24) is 5.32 Å². The number of methoxy groups -OCH3 is 1. The van der Waals surface area contributed by atoms with Gasteiger partial charge in [-0.1, -0.05) is 0 Å². The van der Waals surface area contributed by atoms with Crippen LogP contribution in [-0.4, -0.2) is 32.9 Å². The molecule has 18 heavy (non-hydrogen) atoms. The zero-order valence-corrected chi connectivity index (χ0v) is 10.4. The molecule has 1 amide bonds. The minimum atomic E-state index is -0.410. The Labute approximate surface area is 106 Å². The van der Waals surface area contributed by atoms with Gasteiger partial charge in [0.1, 0.15) is 5.75 Å². The lowest BCUT2D eigenvalue weighted by Gasteiger charge is -2.10. The first-order valence-electron chi connectivity index (χ1n) is 6.06. The maximum atomic E-state index is 11.5. The molecule has 1 atom stereocenters. The monoisotopic (exact) mass is 250 g/mol. The number of nitrogens with one attached hydrogen (secondary N) is 2. The highest BCUT2D eigenvalue weighted by molar-refractivity contribution is 5.84. The fourth-order valence-electron chi connectivity index (χ4n) is 1.88. The van der Waals surface area contributed by atoms with Crippen molar-refractivity contribution in [2.45, 2.75) is 6.42 Å². The van der Waals surface area contributed by atoms with Crippen LogP contribution in [-0.2, 0) is 4.74 Å². The molecule has 1 aliphatic rings. The molecule has 5 heteroatoms. The summed E-state index contributed by atoms with van der Waals surface area (Å²) < 4.78 is 10.2. The fraction of sp³-hybridized carbons (Fsp3) is 0.462. The second-order valence-corrected chi connectivity index (χ2v) is 4.31. The molecule has 1 fully saturated rings. The molecule has 1 aromatic rings. The first-order valence-corrected chi connectivity index (χ1v) is 6.06. The SMILES string of the molecule is COc1ccc(NC(=O)OCC2CCNC2)cc1. The molecular weight excluding hydrogens is 232 g/mol. The van der Waals surface area contributed by atoms with E-state index in [9.17, 15) is 4.79 Å². The summed E-state index contributed by atoms with van der Waals surface area (Å²) in [5, 5.41) is 5.91. The van der Waals surface area contributed by atoms with E-state index in [0.29, 0.717) is 18.2 Å². The van der Waals surface area contributed by atoms with Crippen molar-refractivity contribution in [2.24, 2.45) is 5.92 Å². The number of amides is 1.